The first-order valence-corrected chi connectivity index (χ1v) is 4.70. The highest BCUT2D eigenvalue weighted by atomic mass is 15.4. The first kappa shape index (κ1) is 8.44. The molecule has 1 spiro atoms. The van der Waals surface area contributed by atoms with Crippen molar-refractivity contribution in [1.29, 1.82) is 0 Å². The zero-order chi connectivity index (χ0) is 8.60. The van der Waals surface area contributed by atoms with Crippen LogP contribution in [-0.4, -0.2) is 36.2 Å². The van der Waals surface area contributed by atoms with Crippen LogP contribution in [0.25, 0.3) is 0 Å². The molecule has 2 saturated heterocycles. The Balaban J connectivity index is 2.00. The summed E-state index contributed by atoms with van der Waals surface area (Å²) in [4.78, 5) is 0. The third kappa shape index (κ3) is 1.47. The van der Waals surface area contributed by atoms with E-state index in [2.05, 4.69) is 0 Å². The number of rotatable bonds is 0. The second kappa shape index (κ2) is 2.96. The van der Waals surface area contributed by atoms with Gasteiger partial charge >= 0.3 is 0 Å². The molecule has 0 aliphatic carbocycles. The van der Waals surface area contributed by atoms with Crippen LogP contribution in [0.2, 0.25) is 0 Å². The normalized spacial score (nSPS) is 39.5. The Morgan fingerprint density at radius 1 is 0.917 bits per heavy atom. The molecule has 1 unspecified atom stereocenters. The van der Waals surface area contributed by atoms with Crippen LogP contribution in [-0.2, 0) is 0 Å². The molecule has 0 saturated carbocycles. The molecule has 12 heavy (non-hydrogen) atoms. The SMILES string of the molecule is NN1CCCC2(CCN(N)C2)C1. The average molecular weight is 170 g/mol. The van der Waals surface area contributed by atoms with Crippen molar-refractivity contribution in [1.82, 2.24) is 10.0 Å². The molecule has 0 aromatic carbocycles. The fourth-order valence-corrected chi connectivity index (χ4v) is 2.55. The lowest BCUT2D eigenvalue weighted by molar-refractivity contribution is 0.0935. The molecule has 4 nitrogen and oxygen atoms in total. The number of hydrogen-bond acceptors (Lipinski definition) is 4. The molecule has 4 heteroatoms. The van der Waals surface area contributed by atoms with E-state index in [0.29, 0.717) is 5.41 Å². The smallest absolute Gasteiger partial charge is 0.0198 e. The number of nitrogens with two attached hydrogens (primary N) is 2. The maximum atomic E-state index is 5.81. The van der Waals surface area contributed by atoms with Gasteiger partial charge in [-0.1, -0.05) is 0 Å². The van der Waals surface area contributed by atoms with E-state index in [4.69, 9.17) is 11.7 Å². The van der Waals surface area contributed by atoms with Crippen LogP contribution in [0, 0.1) is 5.41 Å². The van der Waals surface area contributed by atoms with E-state index in [1.165, 1.54) is 19.3 Å². The van der Waals surface area contributed by atoms with Crippen LogP contribution in [0.5, 0.6) is 0 Å². The minimum atomic E-state index is 0.418. The van der Waals surface area contributed by atoms with Crippen LogP contribution in [0.3, 0.4) is 0 Å². The van der Waals surface area contributed by atoms with Crippen LogP contribution in [0.4, 0.5) is 0 Å². The lowest BCUT2D eigenvalue weighted by Gasteiger charge is -2.37. The van der Waals surface area contributed by atoms with Gasteiger partial charge in [0.25, 0.3) is 0 Å². The largest absolute Gasteiger partial charge is 0.269 e. The third-order valence-electron chi connectivity index (χ3n) is 3.16. The minimum Gasteiger partial charge on any atom is -0.269 e. The van der Waals surface area contributed by atoms with Crippen molar-refractivity contribution in [2.45, 2.75) is 19.3 Å². The predicted octanol–water partition coefficient (Wildman–Crippen LogP) is -0.478. The van der Waals surface area contributed by atoms with Gasteiger partial charge in [-0.25, -0.2) is 10.0 Å². The molecule has 0 aromatic heterocycles. The zero-order valence-electron chi connectivity index (χ0n) is 7.50. The van der Waals surface area contributed by atoms with Crippen molar-refractivity contribution < 1.29 is 0 Å². The summed E-state index contributed by atoms with van der Waals surface area (Å²) in [5, 5.41) is 3.88. The van der Waals surface area contributed by atoms with Crippen molar-refractivity contribution in [3.63, 3.8) is 0 Å². The molecule has 2 heterocycles. The molecule has 0 aromatic rings. The summed E-state index contributed by atoms with van der Waals surface area (Å²) in [5.41, 5.74) is 0.418. The molecule has 2 aliphatic heterocycles. The summed E-state index contributed by atoms with van der Waals surface area (Å²) in [6, 6.07) is 0. The maximum Gasteiger partial charge on any atom is 0.0198 e. The quantitative estimate of drug-likeness (QED) is 0.482. The molecule has 0 bridgehead atoms. The van der Waals surface area contributed by atoms with Crippen molar-refractivity contribution in [3.05, 3.63) is 0 Å². The van der Waals surface area contributed by atoms with Crippen LogP contribution >= 0.6 is 0 Å². The second-order valence-corrected chi connectivity index (χ2v) is 4.29. The minimum absolute atomic E-state index is 0.418. The zero-order valence-corrected chi connectivity index (χ0v) is 7.50. The lowest BCUT2D eigenvalue weighted by atomic mass is 9.80. The number of piperidine rings is 1. The number of hydrazine groups is 2. The van der Waals surface area contributed by atoms with Crippen molar-refractivity contribution in [2.75, 3.05) is 26.2 Å². The summed E-state index contributed by atoms with van der Waals surface area (Å²) >= 11 is 0. The lowest BCUT2D eigenvalue weighted by Crippen LogP contribution is -2.48. The molecule has 2 aliphatic rings. The van der Waals surface area contributed by atoms with E-state index in [9.17, 15) is 0 Å². The van der Waals surface area contributed by atoms with Gasteiger partial charge in [-0.2, -0.15) is 0 Å². The molecular formula is C8H18N4. The van der Waals surface area contributed by atoms with Crippen molar-refractivity contribution in [2.24, 2.45) is 17.1 Å². The summed E-state index contributed by atoms with van der Waals surface area (Å²) in [7, 11) is 0. The van der Waals surface area contributed by atoms with Crippen molar-refractivity contribution >= 4 is 0 Å². The monoisotopic (exact) mass is 170 g/mol. The van der Waals surface area contributed by atoms with Gasteiger partial charge in [0.1, 0.15) is 0 Å². The molecule has 4 N–H and O–H groups in total. The van der Waals surface area contributed by atoms with Gasteiger partial charge in [0.15, 0.2) is 0 Å². The Morgan fingerprint density at radius 3 is 2.17 bits per heavy atom. The molecule has 70 valence electrons. The van der Waals surface area contributed by atoms with E-state index < -0.39 is 0 Å². The Kier molecular flexibility index (Phi) is 2.08. The van der Waals surface area contributed by atoms with Gasteiger partial charge in [-0.3, -0.25) is 11.7 Å². The highest BCUT2D eigenvalue weighted by Gasteiger charge is 2.39. The van der Waals surface area contributed by atoms with Gasteiger partial charge in [0.2, 0.25) is 0 Å². The average Bonchev–Trinajstić information content (AvgIpc) is 2.32. The predicted molar refractivity (Wildman–Crippen MR) is 47.8 cm³/mol. The Morgan fingerprint density at radius 2 is 1.58 bits per heavy atom. The van der Waals surface area contributed by atoms with Gasteiger partial charge in [0, 0.05) is 26.2 Å². The Hall–Kier alpha value is -0.160. The standard InChI is InChI=1S/C8H18N4/c9-11-4-1-2-8(6-11)3-5-12(10)7-8/h1-7,9-10H2. The van der Waals surface area contributed by atoms with E-state index in [1.807, 2.05) is 10.0 Å². The van der Waals surface area contributed by atoms with Gasteiger partial charge in [0.05, 0.1) is 0 Å². The molecule has 0 amide bonds. The van der Waals surface area contributed by atoms with E-state index >= 15 is 0 Å². The Bertz CT molecular complexity index is 168. The fraction of sp³-hybridized carbons (Fsp3) is 1.00. The molecule has 2 rings (SSSR count). The second-order valence-electron chi connectivity index (χ2n) is 4.29. The van der Waals surface area contributed by atoms with Gasteiger partial charge < -0.3 is 0 Å². The summed E-state index contributed by atoms with van der Waals surface area (Å²) < 4.78 is 0. The highest BCUT2D eigenvalue weighted by molar-refractivity contribution is 4.92. The fourth-order valence-electron chi connectivity index (χ4n) is 2.55. The first-order chi connectivity index (χ1) is 5.70. The van der Waals surface area contributed by atoms with E-state index in [0.717, 1.165) is 26.2 Å². The van der Waals surface area contributed by atoms with Gasteiger partial charge in [-0.15, -0.1) is 0 Å². The number of hydrogen-bond donors (Lipinski definition) is 2. The summed E-state index contributed by atoms with van der Waals surface area (Å²) in [5.74, 6) is 11.6. The number of nitrogens with zero attached hydrogens (tertiary/aromatic N) is 2. The third-order valence-corrected chi connectivity index (χ3v) is 3.16. The van der Waals surface area contributed by atoms with E-state index in [-0.39, 0.29) is 0 Å². The first-order valence-electron chi connectivity index (χ1n) is 4.70. The van der Waals surface area contributed by atoms with Crippen molar-refractivity contribution in [3.8, 4) is 0 Å². The Labute approximate surface area is 73.4 Å². The summed E-state index contributed by atoms with van der Waals surface area (Å²) in [6.07, 6.45) is 3.75. The topological polar surface area (TPSA) is 58.5 Å². The maximum absolute atomic E-state index is 5.81. The molecule has 1 atom stereocenters. The molecule has 0 radical (unpaired) electrons. The van der Waals surface area contributed by atoms with Crippen LogP contribution in [0.15, 0.2) is 0 Å². The summed E-state index contributed by atoms with van der Waals surface area (Å²) in [6.45, 7) is 4.14. The van der Waals surface area contributed by atoms with Gasteiger partial charge in [-0.05, 0) is 24.7 Å². The van der Waals surface area contributed by atoms with E-state index in [1.54, 1.807) is 0 Å². The highest BCUT2D eigenvalue weighted by Crippen LogP contribution is 2.36. The van der Waals surface area contributed by atoms with Crippen LogP contribution < -0.4 is 11.7 Å². The molecular weight excluding hydrogens is 152 g/mol. The van der Waals surface area contributed by atoms with Crippen LogP contribution in [0.1, 0.15) is 19.3 Å². The molecule has 2 fully saturated rings.